The number of carbonyl (C=O) groups is 1. The highest BCUT2D eigenvalue weighted by molar-refractivity contribution is 7.99. The lowest BCUT2D eigenvalue weighted by molar-refractivity contribution is -0.112. The number of para-hydroxylation sites is 1. The zero-order valence-corrected chi connectivity index (χ0v) is 15.8. The molecule has 0 saturated carbocycles. The Morgan fingerprint density at radius 3 is 2.73 bits per heavy atom. The fourth-order valence-corrected chi connectivity index (χ4v) is 4.25. The van der Waals surface area contributed by atoms with Crippen LogP contribution in [-0.4, -0.2) is 33.2 Å². The summed E-state index contributed by atoms with van der Waals surface area (Å²) in [6.45, 7) is 4.32. The topological polar surface area (TPSA) is 50.5 Å². The minimum Gasteiger partial charge on any atom is -0.347 e. The molecule has 0 fully saturated rings. The second-order valence-corrected chi connectivity index (χ2v) is 7.84. The zero-order valence-electron chi connectivity index (χ0n) is 15.0. The molecule has 0 amide bonds. The minimum absolute atomic E-state index is 0.0745. The number of allylic oxidation sites excluding steroid dienone is 2. The molecule has 0 bridgehead atoms. The number of rotatable bonds is 4. The molecule has 0 N–H and O–H groups in total. The Morgan fingerprint density at radius 2 is 1.92 bits per heavy atom. The number of hydrogen-bond donors (Lipinski definition) is 0. The number of benzene rings is 1. The first kappa shape index (κ1) is 16.8. The largest absolute Gasteiger partial charge is 0.347 e. The molecule has 1 aliphatic heterocycles. The molecule has 132 valence electrons. The highest BCUT2D eigenvalue weighted by atomic mass is 32.2. The molecule has 0 radical (unpaired) electrons. The lowest BCUT2D eigenvalue weighted by Gasteiger charge is -2.23. The molecule has 4 rings (SSSR count). The maximum absolute atomic E-state index is 12.6. The second kappa shape index (κ2) is 6.29. The number of pyridine rings is 1. The van der Waals surface area contributed by atoms with Crippen molar-refractivity contribution in [1.82, 2.24) is 14.6 Å². The summed E-state index contributed by atoms with van der Waals surface area (Å²) in [7, 11) is 2.02. The van der Waals surface area contributed by atoms with E-state index in [1.165, 1.54) is 17.3 Å². The van der Waals surface area contributed by atoms with E-state index in [2.05, 4.69) is 41.1 Å². The molecule has 0 saturated heterocycles. The van der Waals surface area contributed by atoms with E-state index in [0.29, 0.717) is 5.75 Å². The molecule has 0 spiro atoms. The van der Waals surface area contributed by atoms with Crippen LogP contribution in [-0.2, 0) is 10.2 Å². The van der Waals surface area contributed by atoms with Crippen molar-refractivity contribution < 1.29 is 4.79 Å². The Kier molecular flexibility index (Phi) is 4.07. The van der Waals surface area contributed by atoms with Crippen LogP contribution >= 0.6 is 11.8 Å². The Labute approximate surface area is 156 Å². The van der Waals surface area contributed by atoms with Gasteiger partial charge in [-0.3, -0.25) is 9.20 Å². The number of anilines is 1. The third-order valence-electron chi connectivity index (χ3n) is 4.86. The Balaban J connectivity index is 1.54. The quantitative estimate of drug-likeness (QED) is 0.522. The van der Waals surface area contributed by atoms with Crippen LogP contribution in [0.25, 0.3) is 5.65 Å². The Hall–Kier alpha value is -2.60. The average molecular weight is 364 g/mol. The van der Waals surface area contributed by atoms with Gasteiger partial charge in [0, 0.05) is 36.1 Å². The minimum atomic E-state index is -0.187. The number of hydrogen-bond acceptors (Lipinski definition) is 5. The number of aromatic nitrogens is 3. The molecule has 0 unspecified atom stereocenters. The van der Waals surface area contributed by atoms with Crippen molar-refractivity contribution in [3.8, 4) is 0 Å². The van der Waals surface area contributed by atoms with Crippen molar-refractivity contribution in [2.24, 2.45) is 0 Å². The summed E-state index contributed by atoms with van der Waals surface area (Å²) in [4.78, 5) is 14.7. The molecule has 3 aromatic rings. The van der Waals surface area contributed by atoms with Gasteiger partial charge in [-0.15, -0.1) is 10.2 Å². The van der Waals surface area contributed by atoms with Crippen molar-refractivity contribution in [1.29, 1.82) is 0 Å². The van der Waals surface area contributed by atoms with E-state index in [-0.39, 0.29) is 11.2 Å². The standard InChI is InChI=1S/C20H20N4OS/c1-20(2)15-8-4-5-9-16(15)23(3)17(20)12-14(25)13-26-19-22-21-18-10-6-7-11-24(18)19/h4-12H,13H2,1-3H3. The van der Waals surface area contributed by atoms with Gasteiger partial charge in [-0.25, -0.2) is 0 Å². The van der Waals surface area contributed by atoms with E-state index in [0.717, 1.165) is 22.2 Å². The molecular formula is C20H20N4OS. The number of thioether (sulfide) groups is 1. The fourth-order valence-electron chi connectivity index (χ4n) is 3.51. The maximum atomic E-state index is 12.6. The highest BCUT2D eigenvalue weighted by Gasteiger charge is 2.38. The lowest BCUT2D eigenvalue weighted by Crippen LogP contribution is -2.24. The number of likely N-dealkylation sites (N-methyl/N-ethyl adjacent to an activating group) is 1. The molecule has 5 nitrogen and oxygen atoms in total. The average Bonchev–Trinajstić information content (AvgIpc) is 3.14. The summed E-state index contributed by atoms with van der Waals surface area (Å²) in [6, 6.07) is 14.1. The summed E-state index contributed by atoms with van der Waals surface area (Å²) in [5.41, 5.74) is 4.03. The first-order valence-electron chi connectivity index (χ1n) is 8.49. The highest BCUT2D eigenvalue weighted by Crippen LogP contribution is 2.46. The molecule has 2 aromatic heterocycles. The van der Waals surface area contributed by atoms with Crippen molar-refractivity contribution in [2.45, 2.75) is 24.4 Å². The van der Waals surface area contributed by atoms with Gasteiger partial charge in [0.05, 0.1) is 5.75 Å². The van der Waals surface area contributed by atoms with Crippen LogP contribution in [0, 0.1) is 0 Å². The summed E-state index contributed by atoms with van der Waals surface area (Å²) in [5, 5.41) is 9.02. The summed E-state index contributed by atoms with van der Waals surface area (Å²) in [5.74, 6) is 0.407. The van der Waals surface area contributed by atoms with Gasteiger partial charge in [0.15, 0.2) is 16.6 Å². The molecule has 1 aliphatic rings. The summed E-state index contributed by atoms with van der Waals surface area (Å²) < 4.78 is 1.90. The molecule has 6 heteroatoms. The first-order chi connectivity index (χ1) is 12.5. The van der Waals surface area contributed by atoms with Crippen LogP contribution in [0.3, 0.4) is 0 Å². The smallest absolute Gasteiger partial charge is 0.196 e. The van der Waals surface area contributed by atoms with Crippen LogP contribution < -0.4 is 4.90 Å². The van der Waals surface area contributed by atoms with Gasteiger partial charge in [-0.1, -0.05) is 49.9 Å². The van der Waals surface area contributed by atoms with Crippen molar-refractivity contribution in [2.75, 3.05) is 17.7 Å². The number of carbonyl (C=O) groups excluding carboxylic acids is 1. The fraction of sp³-hybridized carbons (Fsp3) is 0.250. The van der Waals surface area contributed by atoms with E-state index in [9.17, 15) is 4.79 Å². The van der Waals surface area contributed by atoms with Gasteiger partial charge >= 0.3 is 0 Å². The van der Waals surface area contributed by atoms with Crippen LogP contribution in [0.2, 0.25) is 0 Å². The lowest BCUT2D eigenvalue weighted by atomic mass is 9.83. The van der Waals surface area contributed by atoms with Gasteiger partial charge in [0.2, 0.25) is 0 Å². The van der Waals surface area contributed by atoms with Crippen molar-refractivity contribution >= 4 is 28.9 Å². The van der Waals surface area contributed by atoms with Crippen LogP contribution in [0.15, 0.2) is 65.6 Å². The van der Waals surface area contributed by atoms with E-state index >= 15 is 0 Å². The van der Waals surface area contributed by atoms with E-state index in [1.54, 1.807) is 6.08 Å². The summed E-state index contributed by atoms with van der Waals surface area (Å²) >= 11 is 1.41. The number of ketones is 1. The molecular weight excluding hydrogens is 344 g/mol. The third kappa shape index (κ3) is 2.70. The van der Waals surface area contributed by atoms with E-state index in [1.807, 2.05) is 48.0 Å². The monoisotopic (exact) mass is 364 g/mol. The second-order valence-electron chi connectivity index (χ2n) is 6.90. The van der Waals surface area contributed by atoms with Gasteiger partial charge in [-0.05, 0) is 23.8 Å². The maximum Gasteiger partial charge on any atom is 0.196 e. The SMILES string of the molecule is CN1C(=CC(=O)CSc2nnc3ccccn23)C(C)(C)c2ccccc21. The van der Waals surface area contributed by atoms with Crippen LogP contribution in [0.5, 0.6) is 0 Å². The van der Waals surface area contributed by atoms with Gasteiger partial charge < -0.3 is 4.90 Å². The number of fused-ring (bicyclic) bond motifs is 2. The van der Waals surface area contributed by atoms with E-state index < -0.39 is 0 Å². The Morgan fingerprint density at radius 1 is 1.15 bits per heavy atom. The van der Waals surface area contributed by atoms with Gasteiger partial charge in [0.1, 0.15) is 0 Å². The van der Waals surface area contributed by atoms with Crippen LogP contribution in [0.1, 0.15) is 19.4 Å². The van der Waals surface area contributed by atoms with Gasteiger partial charge in [0.25, 0.3) is 0 Å². The van der Waals surface area contributed by atoms with Crippen molar-refractivity contribution in [3.05, 3.63) is 66.0 Å². The zero-order chi connectivity index (χ0) is 18.3. The molecule has 0 atom stereocenters. The normalized spacial score (nSPS) is 17.0. The number of nitrogens with zero attached hydrogens (tertiary/aromatic N) is 4. The first-order valence-corrected chi connectivity index (χ1v) is 9.48. The molecule has 0 aliphatic carbocycles. The van der Waals surface area contributed by atoms with Gasteiger partial charge in [-0.2, -0.15) is 0 Å². The molecule has 3 heterocycles. The predicted molar refractivity (Wildman–Crippen MR) is 105 cm³/mol. The summed E-state index contributed by atoms with van der Waals surface area (Å²) in [6.07, 6.45) is 3.68. The predicted octanol–water partition coefficient (Wildman–Crippen LogP) is 3.70. The molecule has 1 aromatic carbocycles. The Bertz CT molecular complexity index is 1020. The van der Waals surface area contributed by atoms with Crippen molar-refractivity contribution in [3.63, 3.8) is 0 Å². The third-order valence-corrected chi connectivity index (χ3v) is 5.83. The van der Waals surface area contributed by atoms with Crippen LogP contribution in [0.4, 0.5) is 5.69 Å². The molecule has 26 heavy (non-hydrogen) atoms. The van der Waals surface area contributed by atoms with E-state index in [4.69, 9.17) is 0 Å².